The Hall–Kier alpha value is -1.96. The molecule has 27 heavy (non-hydrogen) atoms. The van der Waals surface area contributed by atoms with E-state index in [4.69, 9.17) is 9.47 Å². The van der Waals surface area contributed by atoms with Crippen molar-refractivity contribution < 1.29 is 9.47 Å². The van der Waals surface area contributed by atoms with Gasteiger partial charge in [0.25, 0.3) is 0 Å². The molecule has 1 atom stereocenters. The van der Waals surface area contributed by atoms with E-state index in [1.165, 1.54) is 24.1 Å². The van der Waals surface area contributed by atoms with Gasteiger partial charge >= 0.3 is 0 Å². The third-order valence-electron chi connectivity index (χ3n) is 5.62. The minimum Gasteiger partial charge on any atom is -0.481 e. The minimum absolute atomic E-state index is 0.203. The van der Waals surface area contributed by atoms with Gasteiger partial charge in [-0.2, -0.15) is 5.10 Å². The Balaban J connectivity index is 1.41. The molecule has 0 aliphatic carbocycles. The summed E-state index contributed by atoms with van der Waals surface area (Å²) in [6, 6.07) is 6.11. The standard InChI is InChI=1S/C20H29N5O2/c1-26-19-4-3-17(11-21-19)12-24-8-2-6-20(14-24)15-25(9-10-27-16-20)13-18-5-7-22-23-18/h3-5,7,11H,2,6,8-10,12-16H2,1H3,(H,22,23)/t20-/m0/s1. The van der Waals surface area contributed by atoms with Gasteiger partial charge in [-0.25, -0.2) is 4.98 Å². The highest BCUT2D eigenvalue weighted by Crippen LogP contribution is 2.34. The lowest BCUT2D eigenvalue weighted by Crippen LogP contribution is -2.50. The monoisotopic (exact) mass is 371 g/mol. The molecule has 0 bridgehead atoms. The lowest BCUT2D eigenvalue weighted by Gasteiger charge is -2.43. The van der Waals surface area contributed by atoms with Gasteiger partial charge in [-0.15, -0.1) is 0 Å². The molecule has 2 aliphatic rings. The zero-order chi connectivity index (χ0) is 18.5. The van der Waals surface area contributed by atoms with Gasteiger partial charge in [0.15, 0.2) is 0 Å². The SMILES string of the molecule is COc1ccc(CN2CCC[C@]3(COCCN(Cc4ccn[nH]4)C3)C2)cn1. The number of hydrogen-bond donors (Lipinski definition) is 1. The normalized spacial score (nSPS) is 24.8. The van der Waals surface area contributed by atoms with Crippen LogP contribution in [0.4, 0.5) is 0 Å². The van der Waals surface area contributed by atoms with Gasteiger partial charge in [-0.05, 0) is 31.0 Å². The fourth-order valence-corrected chi connectivity index (χ4v) is 4.41. The van der Waals surface area contributed by atoms with Crippen molar-refractivity contribution in [2.45, 2.75) is 25.9 Å². The number of piperidine rings is 1. The molecule has 2 fully saturated rings. The molecule has 146 valence electrons. The first-order chi connectivity index (χ1) is 13.2. The van der Waals surface area contributed by atoms with Crippen LogP contribution in [0.25, 0.3) is 0 Å². The summed E-state index contributed by atoms with van der Waals surface area (Å²) in [6.07, 6.45) is 6.19. The van der Waals surface area contributed by atoms with Crippen LogP contribution < -0.4 is 4.74 Å². The molecule has 4 rings (SSSR count). The number of ether oxygens (including phenoxy) is 2. The van der Waals surface area contributed by atoms with Gasteiger partial charge in [0, 0.05) is 62.3 Å². The fourth-order valence-electron chi connectivity index (χ4n) is 4.41. The highest BCUT2D eigenvalue weighted by atomic mass is 16.5. The van der Waals surface area contributed by atoms with E-state index in [-0.39, 0.29) is 5.41 Å². The molecule has 0 amide bonds. The van der Waals surface area contributed by atoms with Crippen LogP contribution in [0.5, 0.6) is 5.88 Å². The van der Waals surface area contributed by atoms with E-state index < -0.39 is 0 Å². The summed E-state index contributed by atoms with van der Waals surface area (Å²) in [5.74, 6) is 0.667. The van der Waals surface area contributed by atoms with E-state index in [0.29, 0.717) is 5.88 Å². The molecule has 0 radical (unpaired) electrons. The summed E-state index contributed by atoms with van der Waals surface area (Å²) < 4.78 is 11.2. The van der Waals surface area contributed by atoms with Crippen LogP contribution in [0.15, 0.2) is 30.6 Å². The smallest absolute Gasteiger partial charge is 0.212 e. The number of H-pyrrole nitrogens is 1. The van der Waals surface area contributed by atoms with Gasteiger partial charge in [0.05, 0.1) is 20.3 Å². The van der Waals surface area contributed by atoms with E-state index in [1.807, 2.05) is 18.5 Å². The van der Waals surface area contributed by atoms with E-state index in [0.717, 1.165) is 52.5 Å². The summed E-state index contributed by atoms with van der Waals surface area (Å²) in [6.45, 7) is 7.74. The molecule has 0 aromatic carbocycles. The topological polar surface area (TPSA) is 66.5 Å². The maximum absolute atomic E-state index is 6.04. The molecule has 2 saturated heterocycles. The van der Waals surface area contributed by atoms with E-state index in [1.54, 1.807) is 7.11 Å². The van der Waals surface area contributed by atoms with Crippen LogP contribution >= 0.6 is 0 Å². The fraction of sp³-hybridized carbons (Fsp3) is 0.600. The molecule has 2 aromatic heterocycles. The van der Waals surface area contributed by atoms with Crippen molar-refractivity contribution in [3.05, 3.63) is 41.9 Å². The molecule has 2 aliphatic heterocycles. The third-order valence-corrected chi connectivity index (χ3v) is 5.62. The summed E-state index contributed by atoms with van der Waals surface area (Å²) in [5, 5.41) is 7.17. The van der Waals surface area contributed by atoms with Gasteiger partial charge in [0.1, 0.15) is 0 Å². The molecule has 2 aromatic rings. The molecule has 4 heterocycles. The number of nitrogens with zero attached hydrogens (tertiary/aromatic N) is 4. The van der Waals surface area contributed by atoms with Crippen LogP contribution in [0.3, 0.4) is 0 Å². The summed E-state index contributed by atoms with van der Waals surface area (Å²) in [7, 11) is 1.65. The zero-order valence-corrected chi connectivity index (χ0v) is 16.1. The number of hydrogen-bond acceptors (Lipinski definition) is 6. The minimum atomic E-state index is 0.203. The lowest BCUT2D eigenvalue weighted by atomic mass is 9.80. The van der Waals surface area contributed by atoms with Gasteiger partial charge in [-0.3, -0.25) is 14.9 Å². The predicted octanol–water partition coefficient (Wildman–Crippen LogP) is 1.93. The highest BCUT2D eigenvalue weighted by molar-refractivity contribution is 5.17. The van der Waals surface area contributed by atoms with Crippen LogP contribution in [-0.4, -0.2) is 71.5 Å². The first kappa shape index (κ1) is 18.4. The number of pyridine rings is 1. The largest absolute Gasteiger partial charge is 0.481 e. The van der Waals surface area contributed by atoms with E-state index in [9.17, 15) is 0 Å². The number of methoxy groups -OCH3 is 1. The van der Waals surface area contributed by atoms with Gasteiger partial charge in [-0.1, -0.05) is 6.07 Å². The Morgan fingerprint density at radius 3 is 2.81 bits per heavy atom. The number of nitrogens with one attached hydrogen (secondary N) is 1. The molecule has 7 nitrogen and oxygen atoms in total. The maximum Gasteiger partial charge on any atom is 0.212 e. The van der Waals surface area contributed by atoms with Crippen molar-refractivity contribution in [3.63, 3.8) is 0 Å². The Kier molecular flexibility index (Phi) is 5.71. The molecule has 0 saturated carbocycles. The summed E-state index contributed by atoms with van der Waals surface area (Å²) in [4.78, 5) is 9.41. The Morgan fingerprint density at radius 2 is 2.07 bits per heavy atom. The van der Waals surface area contributed by atoms with Crippen LogP contribution in [0.1, 0.15) is 24.1 Å². The molecular weight excluding hydrogens is 342 g/mol. The Labute approximate surface area is 160 Å². The lowest BCUT2D eigenvalue weighted by molar-refractivity contribution is 0.00238. The number of aromatic nitrogens is 3. The predicted molar refractivity (Wildman–Crippen MR) is 102 cm³/mol. The van der Waals surface area contributed by atoms with Crippen LogP contribution in [0, 0.1) is 5.41 Å². The molecule has 1 N–H and O–H groups in total. The van der Waals surface area contributed by atoms with Crippen molar-refractivity contribution in [1.29, 1.82) is 0 Å². The Morgan fingerprint density at radius 1 is 1.19 bits per heavy atom. The molecular formula is C20H29N5O2. The van der Waals surface area contributed by atoms with Crippen molar-refractivity contribution in [1.82, 2.24) is 25.0 Å². The highest BCUT2D eigenvalue weighted by Gasteiger charge is 2.38. The second kappa shape index (κ2) is 8.37. The maximum atomic E-state index is 6.04. The van der Waals surface area contributed by atoms with Crippen molar-refractivity contribution in [2.75, 3.05) is 46.5 Å². The van der Waals surface area contributed by atoms with Gasteiger partial charge in [0.2, 0.25) is 5.88 Å². The zero-order valence-electron chi connectivity index (χ0n) is 16.1. The first-order valence-corrected chi connectivity index (χ1v) is 9.74. The van der Waals surface area contributed by atoms with E-state index in [2.05, 4.69) is 37.1 Å². The van der Waals surface area contributed by atoms with Crippen LogP contribution in [0.2, 0.25) is 0 Å². The number of likely N-dealkylation sites (tertiary alicyclic amines) is 1. The average molecular weight is 371 g/mol. The second-order valence-electron chi connectivity index (χ2n) is 7.87. The van der Waals surface area contributed by atoms with Crippen molar-refractivity contribution >= 4 is 0 Å². The Bertz CT molecular complexity index is 706. The van der Waals surface area contributed by atoms with Crippen molar-refractivity contribution in [3.8, 4) is 5.88 Å². The van der Waals surface area contributed by atoms with Crippen LogP contribution in [-0.2, 0) is 17.8 Å². The second-order valence-corrected chi connectivity index (χ2v) is 7.87. The third kappa shape index (κ3) is 4.66. The molecule has 7 heteroatoms. The van der Waals surface area contributed by atoms with E-state index >= 15 is 0 Å². The summed E-state index contributed by atoms with van der Waals surface area (Å²) >= 11 is 0. The number of aromatic amines is 1. The quantitative estimate of drug-likeness (QED) is 0.866. The van der Waals surface area contributed by atoms with Crippen molar-refractivity contribution in [2.24, 2.45) is 5.41 Å². The molecule has 1 spiro atoms. The number of rotatable bonds is 5. The van der Waals surface area contributed by atoms with Gasteiger partial charge < -0.3 is 9.47 Å². The summed E-state index contributed by atoms with van der Waals surface area (Å²) in [5.41, 5.74) is 2.61. The average Bonchev–Trinajstić information content (AvgIpc) is 3.12. The molecule has 0 unspecified atom stereocenters. The first-order valence-electron chi connectivity index (χ1n) is 9.74.